The maximum absolute atomic E-state index is 13.6. The van der Waals surface area contributed by atoms with Gasteiger partial charge in [-0.25, -0.2) is 9.18 Å². The fourth-order valence-corrected chi connectivity index (χ4v) is 3.40. The van der Waals surface area contributed by atoms with Gasteiger partial charge in [-0.3, -0.25) is 14.5 Å². The van der Waals surface area contributed by atoms with Crippen LogP contribution in [0.3, 0.4) is 0 Å². The number of amides is 2. The van der Waals surface area contributed by atoms with E-state index in [1.165, 1.54) is 31.2 Å². The van der Waals surface area contributed by atoms with Gasteiger partial charge in [0.15, 0.2) is 11.6 Å². The first-order chi connectivity index (χ1) is 11.0. The van der Waals surface area contributed by atoms with E-state index in [1.54, 1.807) is 0 Å². The number of hydrogen-bond acceptors (Lipinski definition) is 4. The Morgan fingerprint density at radius 2 is 1.74 bits per heavy atom. The Kier molecular flexibility index (Phi) is 4.15. The molecule has 0 aromatic heterocycles. The quantitative estimate of drug-likeness (QED) is 0.487. The molecule has 2 aliphatic rings. The predicted octanol–water partition coefficient (Wildman–Crippen LogP) is 2.29. The van der Waals surface area contributed by atoms with Crippen LogP contribution in [-0.2, 0) is 14.4 Å². The van der Waals surface area contributed by atoms with E-state index in [4.69, 9.17) is 4.74 Å². The minimum Gasteiger partial charge on any atom is -0.422 e. The van der Waals surface area contributed by atoms with Crippen LogP contribution >= 0.6 is 0 Å². The Morgan fingerprint density at radius 3 is 2.30 bits per heavy atom. The highest BCUT2D eigenvalue weighted by atomic mass is 19.1. The van der Waals surface area contributed by atoms with Crippen molar-refractivity contribution in [2.75, 3.05) is 0 Å². The van der Waals surface area contributed by atoms with Crippen molar-refractivity contribution in [1.82, 2.24) is 4.90 Å². The van der Waals surface area contributed by atoms with Gasteiger partial charge in [-0.1, -0.05) is 25.0 Å². The first kappa shape index (κ1) is 15.6. The number of imide groups is 1. The fraction of sp³-hybridized carbons (Fsp3) is 0.471. The van der Waals surface area contributed by atoms with Crippen LogP contribution in [0.15, 0.2) is 24.3 Å². The summed E-state index contributed by atoms with van der Waals surface area (Å²) in [4.78, 5) is 38.1. The Balaban J connectivity index is 1.76. The predicted molar refractivity (Wildman–Crippen MR) is 78.8 cm³/mol. The number of likely N-dealkylation sites (tertiary alicyclic amines) is 1. The molecule has 0 bridgehead atoms. The topological polar surface area (TPSA) is 63.7 Å². The number of benzene rings is 1. The van der Waals surface area contributed by atoms with Crippen LogP contribution in [0.5, 0.6) is 5.75 Å². The Hall–Kier alpha value is -2.24. The average molecular weight is 319 g/mol. The first-order valence-corrected chi connectivity index (χ1v) is 7.84. The lowest BCUT2D eigenvalue weighted by Gasteiger charge is -2.21. The van der Waals surface area contributed by atoms with Gasteiger partial charge in [0.05, 0.1) is 11.8 Å². The molecule has 23 heavy (non-hydrogen) atoms. The summed E-state index contributed by atoms with van der Waals surface area (Å²) in [6.45, 7) is 1.44. The molecule has 1 aliphatic carbocycles. The van der Waals surface area contributed by atoms with Crippen molar-refractivity contribution in [1.29, 1.82) is 0 Å². The Labute approximate surface area is 133 Å². The van der Waals surface area contributed by atoms with Crippen molar-refractivity contribution < 1.29 is 23.5 Å². The van der Waals surface area contributed by atoms with E-state index >= 15 is 0 Å². The number of hydrogen-bond donors (Lipinski definition) is 0. The van der Waals surface area contributed by atoms with Crippen molar-refractivity contribution in [2.24, 2.45) is 11.8 Å². The SMILES string of the molecule is CC(C(=O)Oc1ccccc1F)N1C(=O)C2CCCCC2C1=O. The molecule has 1 aliphatic heterocycles. The van der Waals surface area contributed by atoms with Crippen molar-refractivity contribution >= 4 is 17.8 Å². The highest BCUT2D eigenvalue weighted by molar-refractivity contribution is 6.07. The molecule has 1 saturated heterocycles. The van der Waals surface area contributed by atoms with Gasteiger partial charge in [0, 0.05) is 0 Å². The number of nitrogens with zero attached hydrogens (tertiary/aromatic N) is 1. The number of fused-ring (bicyclic) bond motifs is 1. The molecule has 2 amide bonds. The Bertz CT molecular complexity index is 636. The van der Waals surface area contributed by atoms with Crippen molar-refractivity contribution in [3.05, 3.63) is 30.1 Å². The van der Waals surface area contributed by atoms with Crippen LogP contribution in [0.2, 0.25) is 0 Å². The zero-order valence-corrected chi connectivity index (χ0v) is 12.8. The molecule has 122 valence electrons. The lowest BCUT2D eigenvalue weighted by atomic mass is 9.81. The van der Waals surface area contributed by atoms with Gasteiger partial charge in [-0.15, -0.1) is 0 Å². The summed E-state index contributed by atoms with van der Waals surface area (Å²) in [6.07, 6.45) is 3.20. The van der Waals surface area contributed by atoms with Gasteiger partial charge in [-0.05, 0) is 31.9 Å². The highest BCUT2D eigenvalue weighted by Gasteiger charge is 2.51. The number of carbonyl (C=O) groups excluding carboxylic acids is 3. The van der Waals surface area contributed by atoms with Gasteiger partial charge >= 0.3 is 5.97 Å². The molecule has 3 unspecified atom stereocenters. The molecule has 3 atom stereocenters. The smallest absolute Gasteiger partial charge is 0.334 e. The van der Waals surface area contributed by atoms with Crippen LogP contribution in [0.4, 0.5) is 4.39 Å². The number of esters is 1. The molecule has 1 aromatic carbocycles. The van der Waals surface area contributed by atoms with Gasteiger partial charge in [0.25, 0.3) is 0 Å². The number of carbonyl (C=O) groups is 3. The van der Waals surface area contributed by atoms with E-state index < -0.39 is 17.8 Å². The average Bonchev–Trinajstić information content (AvgIpc) is 2.81. The van der Waals surface area contributed by atoms with Crippen molar-refractivity contribution in [2.45, 2.75) is 38.6 Å². The molecule has 6 heteroatoms. The lowest BCUT2D eigenvalue weighted by Crippen LogP contribution is -2.45. The third kappa shape index (κ3) is 2.73. The summed E-state index contributed by atoms with van der Waals surface area (Å²) < 4.78 is 18.6. The molecule has 3 rings (SSSR count). The van der Waals surface area contributed by atoms with Gasteiger partial charge in [0.1, 0.15) is 6.04 Å². The molecule has 1 saturated carbocycles. The second kappa shape index (κ2) is 6.10. The van der Waals surface area contributed by atoms with E-state index in [0.29, 0.717) is 12.8 Å². The largest absolute Gasteiger partial charge is 0.422 e. The second-order valence-corrected chi connectivity index (χ2v) is 6.07. The summed E-state index contributed by atoms with van der Waals surface area (Å²) in [5, 5.41) is 0. The minimum atomic E-state index is -1.06. The molecule has 0 spiro atoms. The van der Waals surface area contributed by atoms with Crippen LogP contribution in [0, 0.1) is 17.7 Å². The van der Waals surface area contributed by atoms with E-state index in [0.717, 1.165) is 17.7 Å². The van der Waals surface area contributed by atoms with E-state index in [9.17, 15) is 18.8 Å². The summed E-state index contributed by atoms with van der Waals surface area (Å²) >= 11 is 0. The van der Waals surface area contributed by atoms with Crippen LogP contribution < -0.4 is 4.74 Å². The van der Waals surface area contributed by atoms with Gasteiger partial charge < -0.3 is 4.74 Å². The number of halogens is 1. The lowest BCUT2D eigenvalue weighted by molar-refractivity contribution is -0.152. The second-order valence-electron chi connectivity index (χ2n) is 6.07. The number of ether oxygens (including phenoxy) is 1. The van der Waals surface area contributed by atoms with Crippen molar-refractivity contribution in [3.63, 3.8) is 0 Å². The van der Waals surface area contributed by atoms with Crippen LogP contribution in [-0.4, -0.2) is 28.7 Å². The molecular formula is C17H18FNO4. The molecule has 0 N–H and O–H groups in total. The summed E-state index contributed by atoms with van der Waals surface area (Å²) in [5.74, 6) is -2.94. The van der Waals surface area contributed by atoms with E-state index in [1.807, 2.05) is 0 Å². The zero-order valence-electron chi connectivity index (χ0n) is 12.8. The molecule has 5 nitrogen and oxygen atoms in total. The summed E-state index contributed by atoms with van der Waals surface area (Å²) in [5.41, 5.74) is 0. The number of para-hydroxylation sites is 1. The number of rotatable bonds is 3. The van der Waals surface area contributed by atoms with Gasteiger partial charge in [-0.2, -0.15) is 0 Å². The van der Waals surface area contributed by atoms with Crippen LogP contribution in [0.25, 0.3) is 0 Å². The molecule has 1 heterocycles. The molecular weight excluding hydrogens is 301 g/mol. The summed E-state index contributed by atoms with van der Waals surface area (Å²) in [7, 11) is 0. The maximum Gasteiger partial charge on any atom is 0.334 e. The van der Waals surface area contributed by atoms with Crippen LogP contribution in [0.1, 0.15) is 32.6 Å². The first-order valence-electron chi connectivity index (χ1n) is 7.84. The van der Waals surface area contributed by atoms with Gasteiger partial charge in [0.2, 0.25) is 11.8 Å². The van der Waals surface area contributed by atoms with Crippen molar-refractivity contribution in [3.8, 4) is 5.75 Å². The third-order valence-electron chi connectivity index (χ3n) is 4.65. The third-order valence-corrected chi connectivity index (χ3v) is 4.65. The highest BCUT2D eigenvalue weighted by Crippen LogP contribution is 2.39. The fourth-order valence-electron chi connectivity index (χ4n) is 3.40. The van der Waals surface area contributed by atoms with E-state index in [2.05, 4.69) is 0 Å². The Morgan fingerprint density at radius 1 is 1.17 bits per heavy atom. The normalized spacial score (nSPS) is 25.2. The molecule has 2 fully saturated rings. The standard InChI is InChI=1S/C17H18FNO4/c1-10(17(22)23-14-9-5-4-8-13(14)18)19-15(20)11-6-2-3-7-12(11)16(19)21/h4-5,8-12H,2-3,6-7H2,1H3. The maximum atomic E-state index is 13.6. The zero-order chi connectivity index (χ0) is 16.6. The molecule has 0 radical (unpaired) electrons. The molecule has 1 aromatic rings. The monoisotopic (exact) mass is 319 g/mol. The summed E-state index contributed by atoms with van der Waals surface area (Å²) in [6, 6.07) is 4.47. The minimum absolute atomic E-state index is 0.208. The van der Waals surface area contributed by atoms with E-state index in [-0.39, 0.29) is 29.4 Å².